The number of hydrogen-bond acceptors (Lipinski definition) is 2. The molecule has 0 heterocycles. The molecule has 1 amide bonds. The van der Waals surface area contributed by atoms with E-state index in [1.54, 1.807) is 0 Å². The molecule has 2 N–H and O–H groups in total. The van der Waals surface area contributed by atoms with E-state index in [1.807, 2.05) is 20.8 Å². The molecule has 2 saturated carbocycles. The van der Waals surface area contributed by atoms with Gasteiger partial charge < -0.3 is 10.6 Å². The first kappa shape index (κ1) is 11.9. The molecule has 0 spiro atoms. The SMILES string of the molecule is CCNC(C)(C)C(=O)NC1CC2CCC1C2. The smallest absolute Gasteiger partial charge is 0.239 e. The van der Waals surface area contributed by atoms with Crippen molar-refractivity contribution in [2.45, 2.75) is 58.0 Å². The predicted octanol–water partition coefficient (Wildman–Crippen LogP) is 1.68. The number of hydrogen-bond donors (Lipinski definition) is 2. The number of rotatable bonds is 4. The van der Waals surface area contributed by atoms with Gasteiger partial charge in [0.25, 0.3) is 0 Å². The van der Waals surface area contributed by atoms with Gasteiger partial charge in [-0.15, -0.1) is 0 Å². The molecule has 16 heavy (non-hydrogen) atoms. The maximum absolute atomic E-state index is 12.1. The highest BCUT2D eigenvalue weighted by atomic mass is 16.2. The number of carbonyl (C=O) groups excluding carboxylic acids is 1. The van der Waals surface area contributed by atoms with Gasteiger partial charge in [0.05, 0.1) is 5.54 Å². The summed E-state index contributed by atoms with van der Waals surface area (Å²) in [5.74, 6) is 1.80. The molecule has 3 unspecified atom stereocenters. The summed E-state index contributed by atoms with van der Waals surface area (Å²) in [7, 11) is 0. The van der Waals surface area contributed by atoms with Gasteiger partial charge in [-0.3, -0.25) is 4.79 Å². The summed E-state index contributed by atoms with van der Waals surface area (Å²) in [4.78, 5) is 12.1. The van der Waals surface area contributed by atoms with E-state index < -0.39 is 5.54 Å². The van der Waals surface area contributed by atoms with Crippen molar-refractivity contribution in [3.05, 3.63) is 0 Å². The first-order chi connectivity index (χ1) is 7.53. The lowest BCUT2D eigenvalue weighted by Crippen LogP contribution is -2.55. The Kier molecular flexibility index (Phi) is 3.24. The molecule has 2 aliphatic carbocycles. The fourth-order valence-corrected chi connectivity index (χ4v) is 3.29. The van der Waals surface area contributed by atoms with E-state index in [1.165, 1.54) is 25.7 Å². The Morgan fingerprint density at radius 2 is 2.06 bits per heavy atom. The van der Waals surface area contributed by atoms with Crippen molar-refractivity contribution in [3.63, 3.8) is 0 Å². The molecule has 2 rings (SSSR count). The van der Waals surface area contributed by atoms with E-state index in [4.69, 9.17) is 0 Å². The molecular weight excluding hydrogens is 200 g/mol. The quantitative estimate of drug-likeness (QED) is 0.763. The maximum Gasteiger partial charge on any atom is 0.239 e. The lowest BCUT2D eigenvalue weighted by Gasteiger charge is -2.30. The van der Waals surface area contributed by atoms with Crippen LogP contribution in [-0.4, -0.2) is 24.0 Å². The fraction of sp³-hybridized carbons (Fsp3) is 0.923. The summed E-state index contributed by atoms with van der Waals surface area (Å²) in [6.07, 6.45) is 5.25. The van der Waals surface area contributed by atoms with Gasteiger partial charge in [-0.05, 0) is 51.5 Å². The van der Waals surface area contributed by atoms with E-state index in [0.717, 1.165) is 18.4 Å². The third-order valence-electron chi connectivity index (χ3n) is 4.24. The Balaban J connectivity index is 1.88. The average Bonchev–Trinajstić information content (AvgIpc) is 2.78. The Labute approximate surface area is 98.4 Å². The molecule has 2 fully saturated rings. The van der Waals surface area contributed by atoms with Gasteiger partial charge in [0.15, 0.2) is 0 Å². The lowest BCUT2D eigenvalue weighted by molar-refractivity contribution is -0.127. The number of carbonyl (C=O) groups is 1. The summed E-state index contributed by atoms with van der Waals surface area (Å²) < 4.78 is 0. The number of likely N-dealkylation sites (N-methyl/N-ethyl adjacent to an activating group) is 1. The summed E-state index contributed by atoms with van der Waals surface area (Å²) in [5, 5.41) is 6.46. The van der Waals surface area contributed by atoms with Crippen molar-refractivity contribution in [3.8, 4) is 0 Å². The largest absolute Gasteiger partial charge is 0.351 e. The van der Waals surface area contributed by atoms with Crippen molar-refractivity contribution >= 4 is 5.91 Å². The minimum Gasteiger partial charge on any atom is -0.351 e. The summed E-state index contributed by atoms with van der Waals surface area (Å²) >= 11 is 0. The van der Waals surface area contributed by atoms with Crippen molar-refractivity contribution in [1.29, 1.82) is 0 Å². The second kappa shape index (κ2) is 4.36. The second-order valence-corrected chi connectivity index (χ2v) is 5.91. The number of amides is 1. The minimum atomic E-state index is -0.434. The normalized spacial score (nSPS) is 33.1. The number of nitrogens with one attached hydrogen (secondary N) is 2. The molecule has 3 heteroatoms. The second-order valence-electron chi connectivity index (χ2n) is 5.91. The molecule has 0 saturated heterocycles. The van der Waals surface area contributed by atoms with Gasteiger partial charge in [0.1, 0.15) is 0 Å². The van der Waals surface area contributed by atoms with Crippen LogP contribution in [0.25, 0.3) is 0 Å². The van der Waals surface area contributed by atoms with E-state index in [9.17, 15) is 4.79 Å². The van der Waals surface area contributed by atoms with Crippen LogP contribution in [0.15, 0.2) is 0 Å². The zero-order valence-corrected chi connectivity index (χ0v) is 10.7. The van der Waals surface area contributed by atoms with E-state index >= 15 is 0 Å². The van der Waals surface area contributed by atoms with E-state index in [0.29, 0.717) is 6.04 Å². The molecule has 0 aromatic carbocycles. The van der Waals surface area contributed by atoms with Crippen LogP contribution in [0.5, 0.6) is 0 Å². The van der Waals surface area contributed by atoms with Crippen LogP contribution < -0.4 is 10.6 Å². The van der Waals surface area contributed by atoms with Crippen molar-refractivity contribution in [2.75, 3.05) is 6.54 Å². The lowest BCUT2D eigenvalue weighted by atomic mass is 9.94. The van der Waals surface area contributed by atoms with Crippen LogP contribution in [0.4, 0.5) is 0 Å². The molecule has 2 aliphatic rings. The Morgan fingerprint density at radius 3 is 2.56 bits per heavy atom. The predicted molar refractivity (Wildman–Crippen MR) is 65.1 cm³/mol. The summed E-state index contributed by atoms with van der Waals surface area (Å²) in [5.41, 5.74) is -0.434. The van der Waals surface area contributed by atoms with Crippen molar-refractivity contribution in [1.82, 2.24) is 10.6 Å². The zero-order chi connectivity index (χ0) is 11.8. The third kappa shape index (κ3) is 2.24. The standard InChI is InChI=1S/C13H24N2O/c1-4-14-13(2,3)12(16)15-11-8-9-5-6-10(11)7-9/h9-11,14H,4-8H2,1-3H3,(H,15,16). The van der Waals surface area contributed by atoms with E-state index in [2.05, 4.69) is 10.6 Å². The molecular formula is C13H24N2O. The van der Waals surface area contributed by atoms with Gasteiger partial charge in [-0.25, -0.2) is 0 Å². The van der Waals surface area contributed by atoms with Gasteiger partial charge in [0.2, 0.25) is 5.91 Å². The number of fused-ring (bicyclic) bond motifs is 2. The van der Waals surface area contributed by atoms with Crippen LogP contribution in [0.1, 0.15) is 46.5 Å². The molecule has 92 valence electrons. The Hall–Kier alpha value is -0.570. The van der Waals surface area contributed by atoms with Crippen LogP contribution >= 0.6 is 0 Å². The van der Waals surface area contributed by atoms with Crippen LogP contribution in [0.2, 0.25) is 0 Å². The highest BCUT2D eigenvalue weighted by molar-refractivity contribution is 5.85. The van der Waals surface area contributed by atoms with Crippen LogP contribution in [-0.2, 0) is 4.79 Å². The minimum absolute atomic E-state index is 0.159. The Bertz CT molecular complexity index is 275. The van der Waals surface area contributed by atoms with Crippen LogP contribution in [0.3, 0.4) is 0 Å². The molecule has 0 radical (unpaired) electrons. The highest BCUT2D eigenvalue weighted by Gasteiger charge is 2.41. The average molecular weight is 224 g/mol. The fourth-order valence-electron chi connectivity index (χ4n) is 3.29. The molecule has 0 aliphatic heterocycles. The molecule has 2 bridgehead atoms. The van der Waals surface area contributed by atoms with Gasteiger partial charge >= 0.3 is 0 Å². The highest BCUT2D eigenvalue weighted by Crippen LogP contribution is 2.44. The topological polar surface area (TPSA) is 41.1 Å². The zero-order valence-electron chi connectivity index (χ0n) is 10.7. The first-order valence-electron chi connectivity index (χ1n) is 6.59. The van der Waals surface area contributed by atoms with E-state index in [-0.39, 0.29) is 5.91 Å². The van der Waals surface area contributed by atoms with Gasteiger partial charge in [0, 0.05) is 6.04 Å². The van der Waals surface area contributed by atoms with Gasteiger partial charge in [-0.2, -0.15) is 0 Å². The first-order valence-corrected chi connectivity index (χ1v) is 6.59. The van der Waals surface area contributed by atoms with Crippen molar-refractivity contribution in [2.24, 2.45) is 11.8 Å². The molecule has 0 aromatic rings. The summed E-state index contributed by atoms with van der Waals surface area (Å²) in [6, 6.07) is 0.448. The van der Waals surface area contributed by atoms with Gasteiger partial charge in [-0.1, -0.05) is 13.3 Å². The monoisotopic (exact) mass is 224 g/mol. The maximum atomic E-state index is 12.1. The van der Waals surface area contributed by atoms with Crippen LogP contribution in [0, 0.1) is 11.8 Å². The Morgan fingerprint density at radius 1 is 1.31 bits per heavy atom. The third-order valence-corrected chi connectivity index (χ3v) is 4.24. The summed E-state index contributed by atoms with van der Waals surface area (Å²) in [6.45, 7) is 6.78. The van der Waals surface area contributed by atoms with Crippen molar-refractivity contribution < 1.29 is 4.79 Å². The molecule has 0 aromatic heterocycles. The molecule has 3 nitrogen and oxygen atoms in total. The molecule has 3 atom stereocenters.